The lowest BCUT2D eigenvalue weighted by Gasteiger charge is -2.38. The minimum atomic E-state index is -0.163. The zero-order valence-corrected chi connectivity index (χ0v) is 11.1. The van der Waals surface area contributed by atoms with E-state index in [0.29, 0.717) is 18.7 Å². The van der Waals surface area contributed by atoms with Crippen LogP contribution in [0, 0.1) is 5.82 Å². The van der Waals surface area contributed by atoms with E-state index < -0.39 is 0 Å². The van der Waals surface area contributed by atoms with E-state index in [9.17, 15) is 4.39 Å². The molecule has 3 nitrogen and oxygen atoms in total. The van der Waals surface area contributed by atoms with Crippen LogP contribution in [0.25, 0.3) is 0 Å². The lowest BCUT2D eigenvalue weighted by atomic mass is 10.1. The lowest BCUT2D eigenvalue weighted by Crippen LogP contribution is -2.47. The van der Waals surface area contributed by atoms with Gasteiger partial charge in [0.2, 0.25) is 0 Å². The van der Waals surface area contributed by atoms with Crippen LogP contribution in [0.3, 0.4) is 0 Å². The van der Waals surface area contributed by atoms with Crippen LogP contribution in [0.1, 0.15) is 25.0 Å². The Labute approximate surface area is 108 Å². The molecule has 1 aliphatic rings. The van der Waals surface area contributed by atoms with Gasteiger partial charge in [0.1, 0.15) is 5.82 Å². The number of nitrogens with zero attached hydrogens (tertiary/aromatic N) is 1. The molecule has 1 fully saturated rings. The van der Waals surface area contributed by atoms with Gasteiger partial charge in [-0.2, -0.15) is 0 Å². The number of hydrogen-bond acceptors (Lipinski definition) is 3. The highest BCUT2D eigenvalue weighted by Crippen LogP contribution is 2.20. The van der Waals surface area contributed by atoms with Gasteiger partial charge in [0.05, 0.1) is 12.2 Å². The van der Waals surface area contributed by atoms with E-state index in [1.165, 1.54) is 0 Å². The first-order chi connectivity index (χ1) is 8.52. The van der Waals surface area contributed by atoms with Crippen LogP contribution in [-0.4, -0.2) is 30.2 Å². The first kappa shape index (κ1) is 13.5. The van der Waals surface area contributed by atoms with Crippen LogP contribution in [-0.2, 0) is 17.8 Å². The molecule has 0 amide bonds. The molecule has 1 aromatic rings. The maximum absolute atomic E-state index is 14.1. The van der Waals surface area contributed by atoms with Crippen molar-refractivity contribution in [1.29, 1.82) is 0 Å². The van der Waals surface area contributed by atoms with Gasteiger partial charge in [0.25, 0.3) is 0 Å². The minimum absolute atomic E-state index is 0.153. The first-order valence-corrected chi connectivity index (χ1v) is 6.34. The Morgan fingerprint density at radius 1 is 1.39 bits per heavy atom. The Hall–Kier alpha value is -0.970. The van der Waals surface area contributed by atoms with Crippen LogP contribution >= 0.6 is 0 Å². The molecule has 18 heavy (non-hydrogen) atoms. The van der Waals surface area contributed by atoms with E-state index in [-0.39, 0.29) is 18.0 Å². The maximum Gasteiger partial charge on any atom is 0.132 e. The van der Waals surface area contributed by atoms with Crippen molar-refractivity contribution in [2.45, 2.75) is 32.5 Å². The zero-order chi connectivity index (χ0) is 13.2. The molecule has 1 saturated heterocycles. The highest BCUT2D eigenvalue weighted by Gasteiger charge is 2.27. The summed E-state index contributed by atoms with van der Waals surface area (Å²) in [5, 5.41) is 0. The second-order valence-corrected chi connectivity index (χ2v) is 5.41. The van der Waals surface area contributed by atoms with Gasteiger partial charge in [-0.3, -0.25) is 4.90 Å². The van der Waals surface area contributed by atoms with Crippen molar-refractivity contribution in [1.82, 2.24) is 4.90 Å². The van der Waals surface area contributed by atoms with Crippen molar-refractivity contribution < 1.29 is 9.13 Å². The Bertz CT molecular complexity index is 420. The van der Waals surface area contributed by atoms with Crippen LogP contribution in [0.2, 0.25) is 0 Å². The molecule has 0 atom stereocenters. The van der Waals surface area contributed by atoms with Gasteiger partial charge in [0.15, 0.2) is 0 Å². The molecular weight excluding hydrogens is 231 g/mol. The van der Waals surface area contributed by atoms with Crippen molar-refractivity contribution in [2.24, 2.45) is 5.73 Å². The van der Waals surface area contributed by atoms with Gasteiger partial charge in [-0.05, 0) is 13.8 Å². The van der Waals surface area contributed by atoms with Crippen molar-refractivity contribution >= 4 is 0 Å². The summed E-state index contributed by atoms with van der Waals surface area (Å²) in [6, 6.07) is 5.44. The first-order valence-electron chi connectivity index (χ1n) is 6.34. The minimum Gasteiger partial charge on any atom is -0.373 e. The van der Waals surface area contributed by atoms with Gasteiger partial charge >= 0.3 is 0 Å². The van der Waals surface area contributed by atoms with E-state index in [0.717, 1.165) is 18.7 Å². The lowest BCUT2D eigenvalue weighted by molar-refractivity contribution is -0.0884. The quantitative estimate of drug-likeness (QED) is 0.893. The largest absolute Gasteiger partial charge is 0.373 e. The Morgan fingerprint density at radius 2 is 2.11 bits per heavy atom. The Kier molecular flexibility index (Phi) is 4.00. The number of ether oxygens (including phenoxy) is 1. The summed E-state index contributed by atoms with van der Waals surface area (Å²) in [6.07, 6.45) is 0. The van der Waals surface area contributed by atoms with Gasteiger partial charge in [-0.25, -0.2) is 4.39 Å². The van der Waals surface area contributed by atoms with E-state index in [4.69, 9.17) is 10.5 Å². The fourth-order valence-electron chi connectivity index (χ4n) is 2.40. The average Bonchev–Trinajstić information content (AvgIpc) is 2.31. The van der Waals surface area contributed by atoms with Crippen molar-refractivity contribution in [3.05, 3.63) is 35.1 Å². The number of hydrogen-bond donors (Lipinski definition) is 1. The average molecular weight is 252 g/mol. The third-order valence-electron chi connectivity index (χ3n) is 3.28. The van der Waals surface area contributed by atoms with Crippen molar-refractivity contribution in [3.8, 4) is 0 Å². The normalized spacial score (nSPS) is 20.0. The highest BCUT2D eigenvalue weighted by atomic mass is 19.1. The summed E-state index contributed by atoms with van der Waals surface area (Å²) in [4.78, 5) is 2.22. The van der Waals surface area contributed by atoms with Crippen LogP contribution in [0.5, 0.6) is 0 Å². The fraction of sp³-hybridized carbons (Fsp3) is 0.571. The number of morpholine rings is 1. The number of benzene rings is 1. The summed E-state index contributed by atoms with van der Waals surface area (Å²) in [5.41, 5.74) is 6.67. The predicted octanol–water partition coefficient (Wildman–Crippen LogP) is 1.90. The smallest absolute Gasteiger partial charge is 0.132 e. The predicted molar refractivity (Wildman–Crippen MR) is 69.6 cm³/mol. The topological polar surface area (TPSA) is 38.5 Å². The van der Waals surface area contributed by atoms with Gasteiger partial charge in [-0.15, -0.1) is 0 Å². The van der Waals surface area contributed by atoms with E-state index >= 15 is 0 Å². The Balaban J connectivity index is 2.09. The van der Waals surface area contributed by atoms with Gasteiger partial charge < -0.3 is 10.5 Å². The van der Waals surface area contributed by atoms with E-state index in [1.807, 2.05) is 12.1 Å². The molecule has 0 saturated carbocycles. The molecule has 1 aliphatic heterocycles. The number of nitrogens with two attached hydrogens (primary N) is 1. The van der Waals surface area contributed by atoms with Crippen molar-refractivity contribution in [2.75, 3.05) is 19.7 Å². The zero-order valence-electron chi connectivity index (χ0n) is 11.1. The molecule has 2 rings (SSSR count). The molecule has 0 aromatic heterocycles. The molecule has 2 N–H and O–H groups in total. The summed E-state index contributed by atoms with van der Waals surface area (Å²) in [5.74, 6) is -0.163. The molecule has 1 aromatic carbocycles. The summed E-state index contributed by atoms with van der Waals surface area (Å²) >= 11 is 0. The standard InChI is InChI=1S/C14H21FN2O/c1-14(2)10-17(6-7-18-14)9-12-5-3-4-11(8-16)13(12)15/h3-5H,6-10,16H2,1-2H3. The summed E-state index contributed by atoms with van der Waals surface area (Å²) < 4.78 is 19.7. The third-order valence-corrected chi connectivity index (χ3v) is 3.28. The molecule has 0 aliphatic carbocycles. The monoisotopic (exact) mass is 252 g/mol. The number of rotatable bonds is 3. The second-order valence-electron chi connectivity index (χ2n) is 5.41. The molecule has 0 spiro atoms. The molecule has 100 valence electrons. The SMILES string of the molecule is CC1(C)CN(Cc2cccc(CN)c2F)CCO1. The van der Waals surface area contributed by atoms with Crippen LogP contribution in [0.15, 0.2) is 18.2 Å². The third kappa shape index (κ3) is 3.07. The molecule has 4 heteroatoms. The Morgan fingerprint density at radius 3 is 2.78 bits per heavy atom. The van der Waals surface area contributed by atoms with Crippen molar-refractivity contribution in [3.63, 3.8) is 0 Å². The summed E-state index contributed by atoms with van der Waals surface area (Å²) in [6.45, 7) is 7.35. The fourth-order valence-corrected chi connectivity index (χ4v) is 2.40. The van der Waals surface area contributed by atoms with E-state index in [1.54, 1.807) is 6.07 Å². The number of halogens is 1. The molecule has 0 unspecified atom stereocenters. The van der Waals surface area contributed by atoms with E-state index in [2.05, 4.69) is 18.7 Å². The van der Waals surface area contributed by atoms with Gasteiger partial charge in [0, 0.05) is 37.3 Å². The maximum atomic E-state index is 14.1. The summed E-state index contributed by atoms with van der Waals surface area (Å²) in [7, 11) is 0. The molecular formula is C14H21FN2O. The highest BCUT2D eigenvalue weighted by molar-refractivity contribution is 5.26. The molecule has 0 radical (unpaired) electrons. The van der Waals surface area contributed by atoms with Gasteiger partial charge in [-0.1, -0.05) is 18.2 Å². The molecule has 1 heterocycles. The second kappa shape index (κ2) is 5.34. The molecule has 0 bridgehead atoms. The van der Waals surface area contributed by atoms with Crippen LogP contribution in [0.4, 0.5) is 4.39 Å². The van der Waals surface area contributed by atoms with Crippen LogP contribution < -0.4 is 5.73 Å².